The maximum Gasteiger partial charge on any atom is 0.258 e. The Morgan fingerprint density at radius 3 is 2.63 bits per heavy atom. The van der Waals surface area contributed by atoms with Crippen LogP contribution in [-0.4, -0.2) is 21.9 Å². The van der Waals surface area contributed by atoms with E-state index in [4.69, 9.17) is 5.73 Å². The fraction of sp³-hybridized carbons (Fsp3) is 0.692. The number of nitrogens with two attached hydrogens (primary N) is 1. The largest absolute Gasteiger partial charge is 0.382 e. The van der Waals surface area contributed by atoms with E-state index in [1.165, 1.54) is 24.4 Å². The molecule has 0 spiro atoms. The fourth-order valence-corrected chi connectivity index (χ4v) is 3.17. The average Bonchev–Trinajstić information content (AvgIpc) is 3.19. The maximum absolute atomic E-state index is 12.2. The van der Waals surface area contributed by atoms with E-state index in [0.717, 1.165) is 17.8 Å². The van der Waals surface area contributed by atoms with E-state index in [0.29, 0.717) is 23.3 Å². The van der Waals surface area contributed by atoms with Crippen LogP contribution in [0.25, 0.3) is 0 Å². The third-order valence-electron chi connectivity index (χ3n) is 3.89. The summed E-state index contributed by atoms with van der Waals surface area (Å²) >= 11 is 1.28. The van der Waals surface area contributed by atoms with Gasteiger partial charge in [0.15, 0.2) is 5.82 Å². The zero-order valence-electron chi connectivity index (χ0n) is 11.3. The van der Waals surface area contributed by atoms with Gasteiger partial charge in [0, 0.05) is 11.6 Å². The minimum absolute atomic E-state index is 0.00637. The Balaban J connectivity index is 1.78. The van der Waals surface area contributed by atoms with Crippen LogP contribution in [0.4, 0.5) is 10.8 Å². The molecular formula is C13H20N4OS. The predicted octanol–water partition coefficient (Wildman–Crippen LogP) is 2.22. The van der Waals surface area contributed by atoms with Gasteiger partial charge in [-0.2, -0.15) is 4.37 Å². The van der Waals surface area contributed by atoms with Gasteiger partial charge in [0.25, 0.3) is 5.91 Å². The Labute approximate surface area is 117 Å². The van der Waals surface area contributed by atoms with Crippen molar-refractivity contribution >= 4 is 28.3 Å². The lowest BCUT2D eigenvalue weighted by Gasteiger charge is -2.26. The number of carbonyl (C=O) groups excluding carboxylic acids is 1. The van der Waals surface area contributed by atoms with Crippen molar-refractivity contribution in [3.8, 4) is 0 Å². The lowest BCUT2D eigenvalue weighted by Crippen LogP contribution is -2.34. The summed E-state index contributed by atoms with van der Waals surface area (Å²) in [5.74, 6) is 0.912. The number of amides is 1. The molecule has 0 radical (unpaired) electrons. The molecule has 5 nitrogen and oxygen atoms in total. The van der Waals surface area contributed by atoms with Crippen LogP contribution in [0.1, 0.15) is 49.9 Å². The smallest absolute Gasteiger partial charge is 0.258 e. The number of nitrogen functional groups attached to an aromatic ring is 1. The van der Waals surface area contributed by atoms with Gasteiger partial charge in [-0.15, -0.1) is 0 Å². The molecule has 0 atom stereocenters. The van der Waals surface area contributed by atoms with Gasteiger partial charge in [-0.25, -0.2) is 0 Å². The van der Waals surface area contributed by atoms with Gasteiger partial charge in [-0.1, -0.05) is 0 Å². The molecule has 0 bridgehead atoms. The second-order valence-corrected chi connectivity index (χ2v) is 6.91. The van der Waals surface area contributed by atoms with E-state index in [-0.39, 0.29) is 11.4 Å². The van der Waals surface area contributed by atoms with Crippen LogP contribution >= 0.6 is 11.5 Å². The van der Waals surface area contributed by atoms with Gasteiger partial charge in [-0.3, -0.25) is 4.79 Å². The summed E-state index contributed by atoms with van der Waals surface area (Å²) in [5, 5.41) is 7.23. The number of nitrogens with one attached hydrogen (secondary N) is 2. The molecule has 1 heterocycles. The standard InChI is InChI=1S/C13H20N4OS/c1-13(2,7-3-4-7)16-12-9(10(14)17-19-12)11(18)15-8-5-6-8/h7-8,16H,3-6H2,1-2H3,(H2,14,17)(H,15,18). The van der Waals surface area contributed by atoms with Crippen molar-refractivity contribution in [1.29, 1.82) is 0 Å². The van der Waals surface area contributed by atoms with Gasteiger partial charge in [0.1, 0.15) is 10.6 Å². The van der Waals surface area contributed by atoms with Crippen molar-refractivity contribution in [2.45, 2.75) is 51.1 Å². The highest BCUT2D eigenvalue weighted by Gasteiger charge is 2.39. The SMILES string of the molecule is CC(C)(Nc1snc(N)c1C(=O)NC1CC1)C1CC1. The highest BCUT2D eigenvalue weighted by Crippen LogP contribution is 2.42. The summed E-state index contributed by atoms with van der Waals surface area (Å²) in [5.41, 5.74) is 6.36. The first-order chi connectivity index (χ1) is 8.97. The van der Waals surface area contributed by atoms with E-state index in [1.807, 2.05) is 0 Å². The third-order valence-corrected chi connectivity index (χ3v) is 4.67. The predicted molar refractivity (Wildman–Crippen MR) is 77.4 cm³/mol. The van der Waals surface area contributed by atoms with E-state index < -0.39 is 0 Å². The molecule has 2 aliphatic carbocycles. The highest BCUT2D eigenvalue weighted by atomic mass is 32.1. The molecule has 19 heavy (non-hydrogen) atoms. The Kier molecular flexibility index (Phi) is 2.92. The number of hydrogen-bond acceptors (Lipinski definition) is 5. The number of nitrogens with zero attached hydrogens (tertiary/aromatic N) is 1. The molecule has 1 aromatic rings. The molecule has 2 saturated carbocycles. The van der Waals surface area contributed by atoms with Crippen LogP contribution in [0.2, 0.25) is 0 Å². The summed E-state index contributed by atoms with van der Waals surface area (Å²) in [7, 11) is 0. The molecule has 0 aliphatic heterocycles. The number of carbonyl (C=O) groups is 1. The molecule has 1 aromatic heterocycles. The van der Waals surface area contributed by atoms with Gasteiger partial charge >= 0.3 is 0 Å². The number of hydrogen-bond donors (Lipinski definition) is 3. The summed E-state index contributed by atoms with van der Waals surface area (Å²) < 4.78 is 4.13. The first-order valence-electron chi connectivity index (χ1n) is 6.81. The molecule has 0 saturated heterocycles. The van der Waals surface area contributed by atoms with Gasteiger partial charge < -0.3 is 16.4 Å². The topological polar surface area (TPSA) is 80.0 Å². The molecule has 1 amide bonds. The molecule has 2 fully saturated rings. The minimum Gasteiger partial charge on any atom is -0.382 e. The van der Waals surface area contributed by atoms with Gasteiger partial charge in [-0.05, 0) is 57.0 Å². The summed E-state index contributed by atoms with van der Waals surface area (Å²) in [6.45, 7) is 4.34. The summed E-state index contributed by atoms with van der Waals surface area (Å²) in [4.78, 5) is 12.2. The second-order valence-electron chi connectivity index (χ2n) is 6.14. The van der Waals surface area contributed by atoms with Gasteiger partial charge in [0.2, 0.25) is 0 Å². The van der Waals surface area contributed by atoms with Crippen LogP contribution in [0.3, 0.4) is 0 Å². The lowest BCUT2D eigenvalue weighted by molar-refractivity contribution is 0.0953. The van der Waals surface area contributed by atoms with Crippen LogP contribution in [0.15, 0.2) is 0 Å². The Morgan fingerprint density at radius 1 is 1.37 bits per heavy atom. The third kappa shape index (κ3) is 2.68. The minimum atomic E-state index is -0.0946. The van der Waals surface area contributed by atoms with Gasteiger partial charge in [0.05, 0.1) is 0 Å². The first kappa shape index (κ1) is 12.7. The Bertz CT molecular complexity index is 503. The van der Waals surface area contributed by atoms with Crippen molar-refractivity contribution in [1.82, 2.24) is 9.69 Å². The monoisotopic (exact) mass is 280 g/mol. The number of anilines is 2. The van der Waals surface area contributed by atoms with Crippen molar-refractivity contribution in [3.05, 3.63) is 5.56 Å². The summed E-state index contributed by atoms with van der Waals surface area (Å²) in [6, 6.07) is 0.330. The molecule has 2 aliphatic rings. The number of rotatable bonds is 5. The molecule has 6 heteroatoms. The Morgan fingerprint density at radius 2 is 2.05 bits per heavy atom. The van der Waals surface area contributed by atoms with Crippen LogP contribution in [-0.2, 0) is 0 Å². The fourth-order valence-electron chi connectivity index (χ4n) is 2.29. The number of aromatic nitrogens is 1. The molecule has 4 N–H and O–H groups in total. The van der Waals surface area contributed by atoms with Crippen molar-refractivity contribution in [2.24, 2.45) is 5.92 Å². The highest BCUT2D eigenvalue weighted by molar-refractivity contribution is 7.11. The normalized spacial score (nSPS) is 19.3. The zero-order valence-corrected chi connectivity index (χ0v) is 12.1. The van der Waals surface area contributed by atoms with Crippen LogP contribution < -0.4 is 16.4 Å². The second kappa shape index (κ2) is 4.37. The van der Waals surface area contributed by atoms with E-state index in [2.05, 4.69) is 28.9 Å². The molecule has 3 rings (SSSR count). The average molecular weight is 280 g/mol. The zero-order chi connectivity index (χ0) is 13.6. The van der Waals surface area contributed by atoms with Crippen LogP contribution in [0, 0.1) is 5.92 Å². The van der Waals surface area contributed by atoms with Crippen molar-refractivity contribution in [3.63, 3.8) is 0 Å². The van der Waals surface area contributed by atoms with E-state index in [1.54, 1.807) is 0 Å². The molecule has 104 valence electrons. The quantitative estimate of drug-likeness (QED) is 0.772. The van der Waals surface area contributed by atoms with E-state index in [9.17, 15) is 4.79 Å². The Hall–Kier alpha value is -1.30. The van der Waals surface area contributed by atoms with Crippen molar-refractivity contribution in [2.75, 3.05) is 11.1 Å². The lowest BCUT2D eigenvalue weighted by atomic mass is 9.99. The van der Waals surface area contributed by atoms with E-state index >= 15 is 0 Å². The molecule has 0 aromatic carbocycles. The summed E-state index contributed by atoms with van der Waals surface area (Å²) in [6.07, 6.45) is 4.63. The maximum atomic E-state index is 12.2. The first-order valence-corrected chi connectivity index (χ1v) is 7.59. The molecular weight excluding hydrogens is 260 g/mol. The van der Waals surface area contributed by atoms with Crippen molar-refractivity contribution < 1.29 is 4.79 Å². The van der Waals surface area contributed by atoms with Crippen LogP contribution in [0.5, 0.6) is 0 Å². The molecule has 0 unspecified atom stereocenters.